The maximum atomic E-state index is 12.5. The van der Waals surface area contributed by atoms with Crippen molar-refractivity contribution in [2.75, 3.05) is 33.4 Å². The van der Waals surface area contributed by atoms with Crippen LogP contribution in [0.15, 0.2) is 12.4 Å². The van der Waals surface area contributed by atoms with Gasteiger partial charge in [-0.15, -0.1) is 0 Å². The molecule has 7 nitrogen and oxygen atoms in total. The highest BCUT2D eigenvalue weighted by Crippen LogP contribution is 2.25. The van der Waals surface area contributed by atoms with Gasteiger partial charge in [-0.2, -0.15) is 0 Å². The van der Waals surface area contributed by atoms with Gasteiger partial charge in [-0.3, -0.25) is 14.6 Å². The molecule has 0 spiro atoms. The number of piperidine rings is 1. The molecule has 22 heavy (non-hydrogen) atoms. The monoisotopic (exact) mass is 304 g/mol. The van der Waals surface area contributed by atoms with Gasteiger partial charge < -0.3 is 14.5 Å². The first-order valence-electron chi connectivity index (χ1n) is 7.47. The lowest BCUT2D eigenvalue weighted by atomic mass is 9.91. The van der Waals surface area contributed by atoms with Gasteiger partial charge in [0.25, 0.3) is 5.91 Å². The zero-order valence-electron chi connectivity index (χ0n) is 12.9. The third kappa shape index (κ3) is 2.81. The van der Waals surface area contributed by atoms with Gasteiger partial charge in [0.2, 0.25) is 5.91 Å². The zero-order valence-corrected chi connectivity index (χ0v) is 12.9. The molecule has 3 rings (SSSR count). The van der Waals surface area contributed by atoms with E-state index in [0.717, 1.165) is 12.1 Å². The average molecular weight is 304 g/mol. The Hall–Kier alpha value is -2.02. The highest BCUT2D eigenvalue weighted by Gasteiger charge is 2.38. The highest BCUT2D eigenvalue weighted by molar-refractivity contribution is 5.92. The van der Waals surface area contributed by atoms with Crippen molar-refractivity contribution in [1.82, 2.24) is 19.8 Å². The topological polar surface area (TPSA) is 75.6 Å². The molecule has 2 fully saturated rings. The second-order valence-electron chi connectivity index (χ2n) is 5.93. The molecule has 3 heterocycles. The Morgan fingerprint density at radius 2 is 2.18 bits per heavy atom. The number of aromatic nitrogens is 2. The van der Waals surface area contributed by atoms with E-state index in [1.165, 1.54) is 6.20 Å². The van der Waals surface area contributed by atoms with Crippen LogP contribution in [0.1, 0.15) is 22.6 Å². The van der Waals surface area contributed by atoms with Crippen LogP contribution in [0.5, 0.6) is 0 Å². The van der Waals surface area contributed by atoms with E-state index in [0.29, 0.717) is 25.4 Å². The smallest absolute Gasteiger partial charge is 0.274 e. The fourth-order valence-electron chi connectivity index (χ4n) is 3.05. The molecule has 2 atom stereocenters. The molecule has 2 aliphatic rings. The summed E-state index contributed by atoms with van der Waals surface area (Å²) in [5.41, 5.74) is 1.13. The first-order valence-corrected chi connectivity index (χ1v) is 7.47. The normalized spacial score (nSPS) is 25.6. The first kappa shape index (κ1) is 14.9. The Balaban J connectivity index is 1.75. The molecule has 0 bridgehead atoms. The third-order valence-corrected chi connectivity index (χ3v) is 4.46. The van der Waals surface area contributed by atoms with Gasteiger partial charge in [-0.25, -0.2) is 4.98 Å². The lowest BCUT2D eigenvalue weighted by Crippen LogP contribution is -2.54. The minimum Gasteiger partial charge on any atom is -0.371 e. The van der Waals surface area contributed by atoms with Gasteiger partial charge in [-0.1, -0.05) is 0 Å². The molecule has 0 N–H and O–H groups in total. The molecule has 2 amide bonds. The number of carbonyl (C=O) groups is 2. The van der Waals surface area contributed by atoms with Crippen LogP contribution in [0.4, 0.5) is 0 Å². The highest BCUT2D eigenvalue weighted by atomic mass is 16.5. The molecule has 0 unspecified atom stereocenters. The van der Waals surface area contributed by atoms with Crippen molar-refractivity contribution >= 4 is 11.8 Å². The number of amides is 2. The van der Waals surface area contributed by atoms with Gasteiger partial charge in [-0.05, 0) is 13.3 Å². The number of carbonyl (C=O) groups excluding carboxylic acids is 2. The predicted octanol–water partition coefficient (Wildman–Crippen LogP) is 0.104. The molecule has 0 saturated carbocycles. The van der Waals surface area contributed by atoms with E-state index >= 15 is 0 Å². The molecule has 2 aliphatic heterocycles. The number of hydrogen-bond acceptors (Lipinski definition) is 5. The van der Waals surface area contributed by atoms with Gasteiger partial charge in [0, 0.05) is 32.3 Å². The summed E-state index contributed by atoms with van der Waals surface area (Å²) in [6.07, 6.45) is 3.93. The Morgan fingerprint density at radius 1 is 1.36 bits per heavy atom. The number of fused-ring (bicyclic) bond motifs is 1. The van der Waals surface area contributed by atoms with Crippen molar-refractivity contribution in [3.8, 4) is 0 Å². The van der Waals surface area contributed by atoms with Crippen molar-refractivity contribution in [2.45, 2.75) is 19.4 Å². The summed E-state index contributed by atoms with van der Waals surface area (Å²) in [4.78, 5) is 36.2. The van der Waals surface area contributed by atoms with Crippen LogP contribution >= 0.6 is 0 Å². The Kier molecular flexibility index (Phi) is 4.06. The minimum absolute atomic E-state index is 0.00566. The van der Waals surface area contributed by atoms with Gasteiger partial charge in [0.05, 0.1) is 24.5 Å². The zero-order chi connectivity index (χ0) is 15.7. The fourth-order valence-corrected chi connectivity index (χ4v) is 3.05. The van der Waals surface area contributed by atoms with Crippen LogP contribution in [0.2, 0.25) is 0 Å². The lowest BCUT2D eigenvalue weighted by Gasteiger charge is -2.40. The van der Waals surface area contributed by atoms with E-state index < -0.39 is 0 Å². The molecule has 7 heteroatoms. The fraction of sp³-hybridized carbons (Fsp3) is 0.600. The Labute approximate surface area is 129 Å². The molecular weight excluding hydrogens is 284 g/mol. The van der Waals surface area contributed by atoms with Crippen molar-refractivity contribution in [3.63, 3.8) is 0 Å². The second kappa shape index (κ2) is 6.00. The molecule has 118 valence electrons. The Morgan fingerprint density at radius 3 is 2.91 bits per heavy atom. The molecule has 0 radical (unpaired) electrons. The average Bonchev–Trinajstić information content (AvgIpc) is 2.67. The number of rotatable bonds is 1. The Bertz CT molecular complexity index is 575. The van der Waals surface area contributed by atoms with E-state index in [1.807, 2.05) is 6.92 Å². The molecule has 1 aromatic heterocycles. The number of ether oxygens (including phenoxy) is 1. The minimum atomic E-state index is -0.128. The second-order valence-corrected chi connectivity index (χ2v) is 5.93. The molecule has 2 saturated heterocycles. The number of likely N-dealkylation sites (tertiary alicyclic amines) is 1. The number of likely N-dealkylation sites (N-methyl/N-ethyl adjacent to an activating group) is 1. The van der Waals surface area contributed by atoms with Gasteiger partial charge in [0.15, 0.2) is 0 Å². The molecule has 0 aliphatic carbocycles. The summed E-state index contributed by atoms with van der Waals surface area (Å²) in [5.74, 6) is 0.124. The van der Waals surface area contributed by atoms with Crippen LogP contribution in [0.3, 0.4) is 0 Å². The first-order chi connectivity index (χ1) is 10.6. The van der Waals surface area contributed by atoms with E-state index in [-0.39, 0.29) is 30.4 Å². The van der Waals surface area contributed by atoms with Crippen LogP contribution in [0.25, 0.3) is 0 Å². The van der Waals surface area contributed by atoms with Crippen LogP contribution in [-0.4, -0.2) is 71.0 Å². The number of nitrogens with zero attached hydrogens (tertiary/aromatic N) is 4. The van der Waals surface area contributed by atoms with Crippen LogP contribution in [-0.2, 0) is 9.53 Å². The summed E-state index contributed by atoms with van der Waals surface area (Å²) < 4.78 is 5.42. The van der Waals surface area contributed by atoms with Gasteiger partial charge in [0.1, 0.15) is 12.3 Å². The summed E-state index contributed by atoms with van der Waals surface area (Å²) in [6, 6.07) is 0.00566. The standard InChI is InChI=1S/C15H20N4O3/c1-10-5-17-12(6-16-10)15(21)19-4-3-11-8-22-9-14(20)18(2)13(11)7-19/h5-6,11,13H,3-4,7-9H2,1-2H3/t11-,13-/m0/s1. The maximum absolute atomic E-state index is 12.5. The molecular formula is C15H20N4O3. The lowest BCUT2D eigenvalue weighted by molar-refractivity contribution is -0.134. The quantitative estimate of drug-likeness (QED) is 0.736. The van der Waals surface area contributed by atoms with Crippen molar-refractivity contribution in [2.24, 2.45) is 5.92 Å². The van der Waals surface area contributed by atoms with Gasteiger partial charge >= 0.3 is 0 Å². The van der Waals surface area contributed by atoms with Crippen LogP contribution < -0.4 is 0 Å². The summed E-state index contributed by atoms with van der Waals surface area (Å²) in [7, 11) is 1.79. The number of hydrogen-bond donors (Lipinski definition) is 0. The summed E-state index contributed by atoms with van der Waals surface area (Å²) >= 11 is 0. The summed E-state index contributed by atoms with van der Waals surface area (Å²) in [5, 5.41) is 0. The predicted molar refractivity (Wildman–Crippen MR) is 78.2 cm³/mol. The third-order valence-electron chi connectivity index (χ3n) is 4.46. The number of aryl methyl sites for hydroxylation is 1. The van der Waals surface area contributed by atoms with Crippen LogP contribution in [0, 0.1) is 12.8 Å². The van der Waals surface area contributed by atoms with E-state index in [4.69, 9.17) is 4.74 Å². The maximum Gasteiger partial charge on any atom is 0.274 e. The molecule has 0 aromatic carbocycles. The van der Waals surface area contributed by atoms with E-state index in [2.05, 4.69) is 9.97 Å². The molecule has 1 aromatic rings. The summed E-state index contributed by atoms with van der Waals surface area (Å²) in [6.45, 7) is 3.71. The van der Waals surface area contributed by atoms with E-state index in [1.54, 1.807) is 23.0 Å². The largest absolute Gasteiger partial charge is 0.371 e. The van der Waals surface area contributed by atoms with Crippen molar-refractivity contribution < 1.29 is 14.3 Å². The SMILES string of the molecule is Cc1cnc(C(=O)N2CC[C@H]3COCC(=O)N(C)[C@H]3C2)cn1. The van der Waals surface area contributed by atoms with Crippen molar-refractivity contribution in [1.29, 1.82) is 0 Å². The van der Waals surface area contributed by atoms with E-state index in [9.17, 15) is 9.59 Å². The van der Waals surface area contributed by atoms with Crippen molar-refractivity contribution in [3.05, 3.63) is 23.8 Å².